The highest BCUT2D eigenvalue weighted by molar-refractivity contribution is 6.94. The third-order valence-electron chi connectivity index (χ3n) is 7.91. The van der Waals surface area contributed by atoms with Crippen molar-refractivity contribution in [2.75, 3.05) is 6.61 Å². The maximum Gasteiger partial charge on any atom is 0.137 e. The summed E-state index contributed by atoms with van der Waals surface area (Å²) < 4.78 is 6.31. The Kier molecular flexibility index (Phi) is 7.64. The quantitative estimate of drug-likeness (QED) is 0.283. The van der Waals surface area contributed by atoms with Crippen molar-refractivity contribution in [3.05, 3.63) is 59.2 Å². The number of rotatable bonds is 8. The molecule has 2 aliphatic carbocycles. The Morgan fingerprint density at radius 3 is 2.48 bits per heavy atom. The van der Waals surface area contributed by atoms with Gasteiger partial charge >= 0.3 is 0 Å². The molecule has 0 saturated heterocycles. The summed E-state index contributed by atoms with van der Waals surface area (Å²) in [6.07, 6.45) is 12.7. The molecule has 31 heavy (non-hydrogen) atoms. The fourth-order valence-electron chi connectivity index (χ4n) is 6.15. The number of fused-ring (bicyclic) bond motifs is 1. The minimum atomic E-state index is -1.96. The van der Waals surface area contributed by atoms with E-state index in [-0.39, 0.29) is 5.41 Å². The third-order valence-corrected chi connectivity index (χ3v) is 14.2. The minimum absolute atomic E-state index is 0.0478. The van der Waals surface area contributed by atoms with Crippen LogP contribution >= 0.6 is 11.6 Å². The van der Waals surface area contributed by atoms with Crippen LogP contribution in [0.5, 0.6) is 5.75 Å². The zero-order chi connectivity index (χ0) is 22.8. The molecule has 0 aromatic heterocycles. The van der Waals surface area contributed by atoms with E-state index in [0.717, 1.165) is 22.6 Å². The minimum Gasteiger partial charge on any atom is -0.488 e. The molecule has 3 heteroatoms. The number of hydrogen-bond donors (Lipinski definition) is 0. The van der Waals surface area contributed by atoms with Gasteiger partial charge in [0.25, 0.3) is 0 Å². The smallest absolute Gasteiger partial charge is 0.137 e. The van der Waals surface area contributed by atoms with Gasteiger partial charge in [0.15, 0.2) is 0 Å². The van der Waals surface area contributed by atoms with E-state index in [2.05, 4.69) is 78.5 Å². The van der Waals surface area contributed by atoms with Crippen molar-refractivity contribution >= 4 is 24.9 Å². The Bertz CT molecular complexity index is 856. The predicted molar refractivity (Wildman–Crippen MR) is 140 cm³/mol. The molecule has 1 aromatic carbocycles. The second kappa shape index (κ2) is 9.71. The summed E-state index contributed by atoms with van der Waals surface area (Å²) in [6.45, 7) is 18.4. The predicted octanol–water partition coefficient (Wildman–Crippen LogP) is 8.20. The lowest BCUT2D eigenvalue weighted by Gasteiger charge is -2.42. The molecule has 0 bridgehead atoms. The molecule has 0 radical (unpaired) electrons. The number of benzene rings is 1. The van der Waals surface area contributed by atoms with Gasteiger partial charge < -0.3 is 4.74 Å². The molecule has 1 nitrogen and oxygen atoms in total. The zero-order valence-corrected chi connectivity index (χ0v) is 22.2. The fourth-order valence-corrected chi connectivity index (χ4v) is 12.3. The summed E-state index contributed by atoms with van der Waals surface area (Å²) in [5.74, 6) is 2.41. The SMILES string of the molecule is C=CCOc1c(Cl)cc(C(C)(C)C)cc1[Si](CC)(CC)C1C2=CC=CCC2CC1CC. The Hall–Kier alpha value is -1.25. The van der Waals surface area contributed by atoms with Gasteiger partial charge in [0, 0.05) is 0 Å². The number of ether oxygens (including phenoxy) is 1. The van der Waals surface area contributed by atoms with Crippen molar-refractivity contribution < 1.29 is 4.74 Å². The Labute approximate surface area is 196 Å². The van der Waals surface area contributed by atoms with E-state index in [9.17, 15) is 0 Å². The lowest BCUT2D eigenvalue weighted by molar-refractivity contribution is 0.365. The summed E-state index contributed by atoms with van der Waals surface area (Å²) >= 11 is 6.95. The molecule has 0 amide bonds. The first-order chi connectivity index (χ1) is 14.7. The van der Waals surface area contributed by atoms with E-state index in [0.29, 0.717) is 12.1 Å². The Morgan fingerprint density at radius 2 is 1.90 bits per heavy atom. The molecule has 0 aliphatic heterocycles. The van der Waals surface area contributed by atoms with Gasteiger partial charge in [-0.15, -0.1) is 0 Å². The molecule has 1 fully saturated rings. The second-order valence-electron chi connectivity index (χ2n) is 10.5. The van der Waals surface area contributed by atoms with E-state index >= 15 is 0 Å². The summed E-state index contributed by atoms with van der Waals surface area (Å²) in [6, 6.07) is 7.04. The van der Waals surface area contributed by atoms with Gasteiger partial charge in [-0.25, -0.2) is 0 Å². The molecule has 2 aliphatic rings. The van der Waals surface area contributed by atoms with Gasteiger partial charge in [0.1, 0.15) is 12.4 Å². The van der Waals surface area contributed by atoms with Crippen LogP contribution in [0.4, 0.5) is 0 Å². The summed E-state index contributed by atoms with van der Waals surface area (Å²) in [5, 5.41) is 2.21. The van der Waals surface area contributed by atoms with Crippen LogP contribution in [0.2, 0.25) is 22.7 Å². The average Bonchev–Trinajstić information content (AvgIpc) is 3.13. The molecule has 1 saturated carbocycles. The standard InChI is InChI=1S/C28H41ClOSi/c1-8-16-30-26-24(29)18-22(28(5,6)7)19-25(26)31(10-3,11-4)27-20(9-2)17-21-14-12-13-15-23(21)27/h8,12-13,15,18-21,27H,1,9-11,14,16-17H2,2-7H3. The molecular weight excluding hydrogens is 416 g/mol. The highest BCUT2D eigenvalue weighted by Gasteiger charge is 2.52. The highest BCUT2D eigenvalue weighted by Crippen LogP contribution is 2.56. The van der Waals surface area contributed by atoms with Gasteiger partial charge in [-0.3, -0.25) is 0 Å². The van der Waals surface area contributed by atoms with Crippen molar-refractivity contribution in [1.82, 2.24) is 0 Å². The molecule has 170 valence electrons. The molecule has 0 spiro atoms. The first-order valence-electron chi connectivity index (χ1n) is 12.2. The summed E-state index contributed by atoms with van der Waals surface area (Å²) in [7, 11) is -1.96. The molecular formula is C28H41ClOSi. The summed E-state index contributed by atoms with van der Waals surface area (Å²) in [4.78, 5) is 0. The van der Waals surface area contributed by atoms with Crippen LogP contribution < -0.4 is 9.92 Å². The molecule has 3 unspecified atom stereocenters. The van der Waals surface area contributed by atoms with Crippen LogP contribution in [-0.4, -0.2) is 14.7 Å². The molecule has 3 atom stereocenters. The Morgan fingerprint density at radius 1 is 1.19 bits per heavy atom. The van der Waals surface area contributed by atoms with Crippen LogP contribution in [0.3, 0.4) is 0 Å². The van der Waals surface area contributed by atoms with Crippen LogP contribution in [0, 0.1) is 11.8 Å². The lowest BCUT2D eigenvalue weighted by Crippen LogP contribution is -2.53. The average molecular weight is 457 g/mol. The van der Waals surface area contributed by atoms with Crippen LogP contribution in [0.25, 0.3) is 0 Å². The summed E-state index contributed by atoms with van der Waals surface area (Å²) in [5.41, 5.74) is 3.75. The van der Waals surface area contributed by atoms with Crippen molar-refractivity contribution in [2.45, 2.75) is 83.8 Å². The maximum atomic E-state index is 6.95. The van der Waals surface area contributed by atoms with Gasteiger partial charge in [-0.1, -0.05) is 114 Å². The topological polar surface area (TPSA) is 9.23 Å². The van der Waals surface area contributed by atoms with E-state index in [1.165, 1.54) is 42.1 Å². The molecule has 3 rings (SSSR count). The number of hydrogen-bond acceptors (Lipinski definition) is 1. The third kappa shape index (κ3) is 4.48. The zero-order valence-electron chi connectivity index (χ0n) is 20.4. The van der Waals surface area contributed by atoms with Crippen LogP contribution in [0.15, 0.2) is 48.6 Å². The fraction of sp³-hybridized carbons (Fsp3) is 0.571. The highest BCUT2D eigenvalue weighted by atomic mass is 35.5. The van der Waals surface area contributed by atoms with Crippen molar-refractivity contribution in [2.24, 2.45) is 11.8 Å². The van der Waals surface area contributed by atoms with Crippen molar-refractivity contribution in [3.63, 3.8) is 0 Å². The van der Waals surface area contributed by atoms with Crippen LogP contribution in [-0.2, 0) is 5.41 Å². The monoisotopic (exact) mass is 456 g/mol. The normalized spacial score (nSPS) is 23.5. The molecule has 0 N–H and O–H groups in total. The van der Waals surface area contributed by atoms with Gasteiger partial charge in [-0.05, 0) is 52.5 Å². The largest absolute Gasteiger partial charge is 0.488 e. The van der Waals surface area contributed by atoms with Crippen molar-refractivity contribution in [3.8, 4) is 5.75 Å². The van der Waals surface area contributed by atoms with E-state index in [1.807, 2.05) is 6.08 Å². The number of allylic oxidation sites excluding steroid dienone is 4. The first-order valence-corrected chi connectivity index (χ1v) is 15.0. The van der Waals surface area contributed by atoms with Gasteiger partial charge in [0.2, 0.25) is 0 Å². The molecule has 0 heterocycles. The lowest BCUT2D eigenvalue weighted by atomic mass is 9.87. The van der Waals surface area contributed by atoms with Crippen molar-refractivity contribution in [1.29, 1.82) is 0 Å². The first kappa shape index (κ1) is 24.4. The van der Waals surface area contributed by atoms with Crippen LogP contribution in [0.1, 0.15) is 66.4 Å². The maximum absolute atomic E-state index is 6.95. The van der Waals surface area contributed by atoms with Gasteiger partial charge in [-0.2, -0.15) is 0 Å². The van der Waals surface area contributed by atoms with E-state index in [1.54, 1.807) is 5.57 Å². The second-order valence-corrected chi connectivity index (χ2v) is 15.8. The Balaban J connectivity index is 2.28. The van der Waals surface area contributed by atoms with Gasteiger partial charge in [0.05, 0.1) is 13.1 Å². The van der Waals surface area contributed by atoms with E-state index < -0.39 is 8.07 Å². The molecule has 1 aromatic rings. The van der Waals surface area contributed by atoms with E-state index in [4.69, 9.17) is 16.3 Å². The number of halogens is 1.